The average Bonchev–Trinajstić information content (AvgIpc) is 3.15. The zero-order valence-electron chi connectivity index (χ0n) is 12.7. The van der Waals surface area contributed by atoms with E-state index in [1.807, 2.05) is 19.0 Å². The quantitative estimate of drug-likeness (QED) is 0.718. The molecule has 0 bridgehead atoms. The highest BCUT2D eigenvalue weighted by molar-refractivity contribution is 7.22. The lowest BCUT2D eigenvalue weighted by Gasteiger charge is -2.20. The molecule has 0 aliphatic rings. The lowest BCUT2D eigenvalue weighted by molar-refractivity contribution is 0.0949. The Balaban J connectivity index is 1.96. The van der Waals surface area contributed by atoms with Gasteiger partial charge in [-0.3, -0.25) is 9.69 Å². The number of hydrogen-bond donors (Lipinski definition) is 0. The second kappa shape index (κ2) is 6.43. The monoisotopic (exact) mass is 334 g/mol. The van der Waals surface area contributed by atoms with E-state index in [-0.39, 0.29) is 17.5 Å². The number of aromatic nitrogens is 2. The zero-order valence-corrected chi connectivity index (χ0v) is 13.5. The molecule has 0 fully saturated rings. The second-order valence-corrected chi connectivity index (χ2v) is 6.25. The third kappa shape index (κ3) is 3.38. The maximum absolute atomic E-state index is 13.4. The van der Waals surface area contributed by atoms with E-state index in [0.717, 1.165) is 0 Å². The maximum Gasteiger partial charge on any atom is 0.298 e. The van der Waals surface area contributed by atoms with Gasteiger partial charge in [-0.1, -0.05) is 16.5 Å². The molecule has 0 unspecified atom stereocenters. The van der Waals surface area contributed by atoms with Gasteiger partial charge in [0.2, 0.25) is 5.76 Å². The number of thiazole rings is 1. The van der Waals surface area contributed by atoms with E-state index in [2.05, 4.69) is 10.1 Å². The highest BCUT2D eigenvalue weighted by Crippen LogP contribution is 2.30. The summed E-state index contributed by atoms with van der Waals surface area (Å²) in [5, 5.41) is 4.08. The van der Waals surface area contributed by atoms with Crippen LogP contribution >= 0.6 is 11.3 Å². The minimum absolute atomic E-state index is 0.147. The van der Waals surface area contributed by atoms with Gasteiger partial charge >= 0.3 is 0 Å². The molecular weight excluding hydrogens is 319 g/mol. The van der Waals surface area contributed by atoms with Gasteiger partial charge in [0.05, 0.1) is 16.4 Å². The summed E-state index contributed by atoms with van der Waals surface area (Å²) in [7, 11) is 3.84. The number of carbonyl (C=O) groups is 1. The van der Waals surface area contributed by atoms with Gasteiger partial charge in [-0.05, 0) is 32.3 Å². The van der Waals surface area contributed by atoms with E-state index in [1.54, 1.807) is 6.07 Å². The molecule has 0 aliphatic heterocycles. The molecule has 3 rings (SSSR count). The summed E-state index contributed by atoms with van der Waals surface area (Å²) in [4.78, 5) is 20.6. The summed E-state index contributed by atoms with van der Waals surface area (Å²) < 4.78 is 19.0. The Morgan fingerprint density at radius 1 is 1.30 bits per heavy atom. The Bertz CT molecular complexity index is 816. The largest absolute Gasteiger partial charge is 0.351 e. The van der Waals surface area contributed by atoms with Crippen molar-refractivity contribution in [2.45, 2.75) is 0 Å². The number of anilines is 1. The number of halogens is 1. The van der Waals surface area contributed by atoms with E-state index in [9.17, 15) is 9.18 Å². The van der Waals surface area contributed by atoms with Crippen molar-refractivity contribution in [1.29, 1.82) is 0 Å². The summed E-state index contributed by atoms with van der Waals surface area (Å²) in [6, 6.07) is 5.89. The molecule has 3 aromatic rings. The molecule has 0 saturated heterocycles. The first-order valence-electron chi connectivity index (χ1n) is 6.98. The first-order valence-corrected chi connectivity index (χ1v) is 7.79. The molecule has 23 heavy (non-hydrogen) atoms. The predicted molar refractivity (Wildman–Crippen MR) is 86.3 cm³/mol. The summed E-state index contributed by atoms with van der Waals surface area (Å²) in [6.07, 6.45) is 1.42. The number of fused-ring (bicyclic) bond motifs is 1. The fraction of sp³-hybridized carbons (Fsp3) is 0.267. The van der Waals surface area contributed by atoms with Crippen molar-refractivity contribution in [2.24, 2.45) is 0 Å². The van der Waals surface area contributed by atoms with Crippen LogP contribution in [0.3, 0.4) is 0 Å². The normalized spacial score (nSPS) is 11.3. The number of carbonyl (C=O) groups excluding carboxylic acids is 1. The van der Waals surface area contributed by atoms with E-state index in [1.165, 1.54) is 40.6 Å². The fourth-order valence-corrected chi connectivity index (χ4v) is 3.06. The summed E-state index contributed by atoms with van der Waals surface area (Å²) in [6.45, 7) is 1.10. The second-order valence-electron chi connectivity index (χ2n) is 5.25. The Morgan fingerprint density at radius 2 is 2.13 bits per heavy atom. The first kappa shape index (κ1) is 15.6. The molecule has 0 spiro atoms. The number of amides is 1. The van der Waals surface area contributed by atoms with Crippen LogP contribution in [-0.2, 0) is 0 Å². The first-order chi connectivity index (χ1) is 11.0. The van der Waals surface area contributed by atoms with Crippen LogP contribution in [0.15, 0.2) is 35.0 Å². The molecule has 1 aromatic carbocycles. The van der Waals surface area contributed by atoms with Gasteiger partial charge in [0, 0.05) is 19.2 Å². The van der Waals surface area contributed by atoms with Crippen LogP contribution in [0.5, 0.6) is 0 Å². The van der Waals surface area contributed by atoms with Crippen LogP contribution in [0, 0.1) is 5.82 Å². The van der Waals surface area contributed by atoms with Crippen LogP contribution in [0.1, 0.15) is 10.6 Å². The Morgan fingerprint density at radius 3 is 2.83 bits per heavy atom. The Kier molecular flexibility index (Phi) is 4.35. The van der Waals surface area contributed by atoms with E-state index >= 15 is 0 Å². The number of nitrogens with zero attached hydrogens (tertiary/aromatic N) is 4. The molecule has 6 nitrogen and oxygen atoms in total. The van der Waals surface area contributed by atoms with Crippen molar-refractivity contribution >= 4 is 32.6 Å². The topological polar surface area (TPSA) is 62.5 Å². The minimum Gasteiger partial charge on any atom is -0.351 e. The van der Waals surface area contributed by atoms with Crippen molar-refractivity contribution in [1.82, 2.24) is 15.0 Å². The van der Waals surface area contributed by atoms with Crippen LogP contribution in [0.2, 0.25) is 0 Å². The lowest BCUT2D eigenvalue weighted by Crippen LogP contribution is -2.36. The van der Waals surface area contributed by atoms with Gasteiger partial charge in [-0.15, -0.1) is 0 Å². The van der Waals surface area contributed by atoms with E-state index < -0.39 is 0 Å². The van der Waals surface area contributed by atoms with Gasteiger partial charge in [-0.2, -0.15) is 0 Å². The van der Waals surface area contributed by atoms with Crippen LogP contribution in [0.25, 0.3) is 10.2 Å². The third-order valence-corrected chi connectivity index (χ3v) is 4.28. The fourth-order valence-electron chi connectivity index (χ4n) is 2.04. The molecule has 0 N–H and O–H groups in total. The Hall–Kier alpha value is -2.32. The van der Waals surface area contributed by atoms with Gasteiger partial charge in [-0.25, -0.2) is 9.37 Å². The van der Waals surface area contributed by atoms with Crippen LogP contribution < -0.4 is 4.90 Å². The third-order valence-electron chi connectivity index (χ3n) is 3.23. The maximum atomic E-state index is 13.4. The standard InChI is InChI=1S/C15H15FN4O2S/c1-19(2)7-8-20(14(21)12-5-6-17-22-12)15-18-11-4-3-10(16)9-13(11)23-15/h3-6,9H,7-8H2,1-2H3. The highest BCUT2D eigenvalue weighted by atomic mass is 32.1. The van der Waals surface area contributed by atoms with Crippen molar-refractivity contribution in [3.05, 3.63) is 42.0 Å². The summed E-state index contributed by atoms with van der Waals surface area (Å²) in [5.41, 5.74) is 0.659. The van der Waals surface area contributed by atoms with E-state index in [0.29, 0.717) is 28.4 Å². The van der Waals surface area contributed by atoms with Crippen LogP contribution in [0.4, 0.5) is 9.52 Å². The lowest BCUT2D eigenvalue weighted by atomic mass is 10.3. The smallest absolute Gasteiger partial charge is 0.298 e. The molecular formula is C15H15FN4O2S. The summed E-state index contributed by atoms with van der Waals surface area (Å²) >= 11 is 1.27. The molecule has 0 radical (unpaired) electrons. The van der Waals surface area contributed by atoms with Crippen LogP contribution in [-0.4, -0.2) is 48.1 Å². The number of likely N-dealkylation sites (N-methyl/N-ethyl adjacent to an activating group) is 1. The predicted octanol–water partition coefficient (Wildman–Crippen LogP) is 2.63. The van der Waals surface area contributed by atoms with Gasteiger partial charge in [0.1, 0.15) is 5.82 Å². The minimum atomic E-state index is -0.325. The molecule has 0 aliphatic carbocycles. The Labute approximate surface area is 136 Å². The van der Waals surface area contributed by atoms with E-state index in [4.69, 9.17) is 4.52 Å². The van der Waals surface area contributed by atoms with Gasteiger partial charge < -0.3 is 9.42 Å². The van der Waals surface area contributed by atoms with Gasteiger partial charge in [0.25, 0.3) is 5.91 Å². The molecule has 0 atom stereocenters. The average molecular weight is 334 g/mol. The number of rotatable bonds is 5. The van der Waals surface area contributed by atoms with Crippen molar-refractivity contribution in [2.75, 3.05) is 32.1 Å². The number of hydrogen-bond acceptors (Lipinski definition) is 6. The highest BCUT2D eigenvalue weighted by Gasteiger charge is 2.24. The van der Waals surface area contributed by atoms with Crippen molar-refractivity contribution in [3.63, 3.8) is 0 Å². The summed E-state index contributed by atoms with van der Waals surface area (Å²) in [5.74, 6) is -0.493. The SMILES string of the molecule is CN(C)CCN(C(=O)c1ccno1)c1nc2ccc(F)cc2s1. The van der Waals surface area contributed by atoms with Gasteiger partial charge in [0.15, 0.2) is 5.13 Å². The van der Waals surface area contributed by atoms with Crippen molar-refractivity contribution in [3.8, 4) is 0 Å². The molecule has 8 heteroatoms. The van der Waals surface area contributed by atoms with Crippen molar-refractivity contribution < 1.29 is 13.7 Å². The molecule has 2 aromatic heterocycles. The molecule has 1 amide bonds. The molecule has 120 valence electrons. The molecule has 2 heterocycles. The molecule has 0 saturated carbocycles. The zero-order chi connectivity index (χ0) is 16.4. The number of benzene rings is 1.